The Balaban J connectivity index is 2.44. The maximum absolute atomic E-state index is 10.9. The van der Waals surface area contributed by atoms with Crippen molar-refractivity contribution in [1.82, 2.24) is 4.98 Å². The van der Waals surface area contributed by atoms with Crippen molar-refractivity contribution in [3.8, 4) is 17.0 Å². The van der Waals surface area contributed by atoms with Gasteiger partial charge in [-0.25, -0.2) is 4.79 Å². The molecule has 4 heteroatoms. The number of hydrogen-bond acceptors (Lipinski definition) is 2. The van der Waals surface area contributed by atoms with Crippen molar-refractivity contribution in [2.45, 2.75) is 19.8 Å². The zero-order valence-electron chi connectivity index (χ0n) is 11.2. The first-order valence-electron chi connectivity index (χ1n) is 6.13. The van der Waals surface area contributed by atoms with E-state index in [0.717, 1.165) is 22.6 Å². The van der Waals surface area contributed by atoms with Gasteiger partial charge < -0.3 is 14.8 Å². The van der Waals surface area contributed by atoms with Crippen LogP contribution in [0.2, 0.25) is 0 Å². The van der Waals surface area contributed by atoms with E-state index in [4.69, 9.17) is 9.84 Å². The van der Waals surface area contributed by atoms with Gasteiger partial charge in [0.1, 0.15) is 11.4 Å². The van der Waals surface area contributed by atoms with Gasteiger partial charge in [0.2, 0.25) is 0 Å². The summed E-state index contributed by atoms with van der Waals surface area (Å²) in [5.41, 5.74) is 3.04. The highest BCUT2D eigenvalue weighted by atomic mass is 16.5. The van der Waals surface area contributed by atoms with Gasteiger partial charge in [-0.2, -0.15) is 0 Å². The first-order valence-corrected chi connectivity index (χ1v) is 6.13. The van der Waals surface area contributed by atoms with Crippen LogP contribution in [-0.4, -0.2) is 23.2 Å². The van der Waals surface area contributed by atoms with Crippen molar-refractivity contribution in [3.63, 3.8) is 0 Å². The van der Waals surface area contributed by atoms with Gasteiger partial charge in [0.05, 0.1) is 7.11 Å². The molecule has 0 aliphatic rings. The van der Waals surface area contributed by atoms with Crippen LogP contribution in [-0.2, 0) is 0 Å². The average Bonchev–Trinajstić information content (AvgIpc) is 2.87. The minimum absolute atomic E-state index is 0.192. The number of nitrogens with one attached hydrogen (secondary N) is 1. The number of aromatic carboxylic acids is 1. The summed E-state index contributed by atoms with van der Waals surface area (Å²) in [6, 6.07) is 9.20. The van der Waals surface area contributed by atoms with E-state index in [9.17, 15) is 4.79 Å². The average molecular weight is 259 g/mol. The van der Waals surface area contributed by atoms with E-state index in [1.54, 1.807) is 19.2 Å². The third kappa shape index (κ3) is 2.62. The Kier molecular flexibility index (Phi) is 3.60. The number of carboxylic acid groups (broad SMARTS) is 1. The van der Waals surface area contributed by atoms with E-state index in [2.05, 4.69) is 18.8 Å². The van der Waals surface area contributed by atoms with Crippen molar-refractivity contribution in [2.24, 2.45) is 0 Å². The number of carboxylic acids is 1. The number of H-pyrrole nitrogens is 1. The summed E-state index contributed by atoms with van der Waals surface area (Å²) < 4.78 is 5.34. The topological polar surface area (TPSA) is 62.3 Å². The second-order valence-electron chi connectivity index (χ2n) is 4.70. The number of carbonyl (C=O) groups is 1. The van der Waals surface area contributed by atoms with Crippen LogP contribution in [0.15, 0.2) is 30.3 Å². The second-order valence-corrected chi connectivity index (χ2v) is 4.70. The summed E-state index contributed by atoms with van der Waals surface area (Å²) in [6.45, 7) is 4.19. The minimum atomic E-state index is -0.955. The van der Waals surface area contributed by atoms with E-state index in [1.165, 1.54) is 0 Å². The molecule has 1 aromatic carbocycles. The van der Waals surface area contributed by atoms with Crippen LogP contribution < -0.4 is 4.74 Å². The molecule has 0 atom stereocenters. The van der Waals surface area contributed by atoms with Crippen LogP contribution in [0, 0.1) is 0 Å². The van der Waals surface area contributed by atoms with E-state index in [1.807, 2.05) is 18.2 Å². The molecule has 0 amide bonds. The Hall–Kier alpha value is -2.23. The first kappa shape index (κ1) is 13.2. The summed E-state index contributed by atoms with van der Waals surface area (Å²) in [5.74, 6) is 0.233. The van der Waals surface area contributed by atoms with Crippen LogP contribution in [0.25, 0.3) is 11.3 Å². The zero-order chi connectivity index (χ0) is 14.0. The number of ether oxygens (including phenoxy) is 1. The molecule has 2 aromatic rings. The van der Waals surface area contributed by atoms with E-state index >= 15 is 0 Å². The van der Waals surface area contributed by atoms with Crippen molar-refractivity contribution >= 4 is 5.97 Å². The summed E-state index contributed by atoms with van der Waals surface area (Å²) in [6.07, 6.45) is 0. The molecule has 1 heterocycles. The number of aromatic amines is 1. The molecule has 2 rings (SSSR count). The lowest BCUT2D eigenvalue weighted by atomic mass is 9.98. The quantitative estimate of drug-likeness (QED) is 0.883. The summed E-state index contributed by atoms with van der Waals surface area (Å²) in [7, 11) is 1.65. The van der Waals surface area contributed by atoms with Crippen LogP contribution in [0.3, 0.4) is 0 Å². The molecule has 0 spiro atoms. The van der Waals surface area contributed by atoms with Crippen molar-refractivity contribution in [2.75, 3.05) is 7.11 Å². The molecule has 0 bridgehead atoms. The third-order valence-electron chi connectivity index (χ3n) is 3.08. The van der Waals surface area contributed by atoms with Crippen LogP contribution in [0.1, 0.15) is 35.8 Å². The molecular weight excluding hydrogens is 242 g/mol. The predicted molar refractivity (Wildman–Crippen MR) is 73.8 cm³/mol. The predicted octanol–water partition coefficient (Wildman–Crippen LogP) is 3.51. The molecule has 100 valence electrons. The largest absolute Gasteiger partial charge is 0.496 e. The zero-order valence-corrected chi connectivity index (χ0v) is 11.2. The molecule has 0 aliphatic heterocycles. The first-order chi connectivity index (χ1) is 9.02. The smallest absolute Gasteiger partial charge is 0.352 e. The Labute approximate surface area is 112 Å². The van der Waals surface area contributed by atoms with Gasteiger partial charge >= 0.3 is 5.97 Å². The summed E-state index contributed by atoms with van der Waals surface area (Å²) in [4.78, 5) is 13.8. The molecule has 2 N–H and O–H groups in total. The van der Waals surface area contributed by atoms with Gasteiger partial charge in [0, 0.05) is 5.69 Å². The third-order valence-corrected chi connectivity index (χ3v) is 3.08. The maximum atomic E-state index is 10.9. The normalized spacial score (nSPS) is 10.7. The fourth-order valence-electron chi connectivity index (χ4n) is 2.04. The maximum Gasteiger partial charge on any atom is 0.352 e. The van der Waals surface area contributed by atoms with Crippen LogP contribution in [0.4, 0.5) is 0 Å². The molecule has 19 heavy (non-hydrogen) atoms. The number of aromatic nitrogens is 1. The lowest BCUT2D eigenvalue weighted by molar-refractivity contribution is 0.0691. The molecule has 0 aliphatic carbocycles. The van der Waals surface area contributed by atoms with Gasteiger partial charge in [-0.3, -0.25) is 0 Å². The molecule has 0 saturated carbocycles. The highest BCUT2D eigenvalue weighted by Gasteiger charge is 2.11. The molecule has 0 fully saturated rings. The monoisotopic (exact) mass is 259 g/mol. The Morgan fingerprint density at radius 2 is 2.00 bits per heavy atom. The highest BCUT2D eigenvalue weighted by molar-refractivity contribution is 5.86. The van der Waals surface area contributed by atoms with Crippen LogP contribution >= 0.6 is 0 Å². The van der Waals surface area contributed by atoms with E-state index in [-0.39, 0.29) is 5.69 Å². The number of rotatable bonds is 4. The van der Waals surface area contributed by atoms with Gasteiger partial charge in [0.25, 0.3) is 0 Å². The number of benzene rings is 1. The van der Waals surface area contributed by atoms with Gasteiger partial charge in [-0.1, -0.05) is 13.8 Å². The number of methoxy groups -OCH3 is 1. The Bertz CT molecular complexity index is 599. The molecule has 0 saturated heterocycles. The molecule has 4 nitrogen and oxygen atoms in total. The molecule has 0 unspecified atom stereocenters. The Morgan fingerprint density at radius 3 is 2.53 bits per heavy atom. The summed E-state index contributed by atoms with van der Waals surface area (Å²) >= 11 is 0. The number of hydrogen-bond donors (Lipinski definition) is 2. The summed E-state index contributed by atoms with van der Waals surface area (Å²) in [5, 5.41) is 8.92. The van der Waals surface area contributed by atoms with Gasteiger partial charge in [-0.15, -0.1) is 0 Å². The minimum Gasteiger partial charge on any atom is -0.496 e. The van der Waals surface area contributed by atoms with Crippen molar-refractivity contribution in [3.05, 3.63) is 41.6 Å². The second kappa shape index (κ2) is 5.18. The van der Waals surface area contributed by atoms with Crippen molar-refractivity contribution in [1.29, 1.82) is 0 Å². The van der Waals surface area contributed by atoms with Crippen LogP contribution in [0.5, 0.6) is 5.75 Å². The van der Waals surface area contributed by atoms with Gasteiger partial charge in [0.15, 0.2) is 0 Å². The van der Waals surface area contributed by atoms with Crippen molar-refractivity contribution < 1.29 is 14.6 Å². The van der Waals surface area contributed by atoms with E-state index in [0.29, 0.717) is 5.92 Å². The van der Waals surface area contributed by atoms with E-state index < -0.39 is 5.97 Å². The fourth-order valence-corrected chi connectivity index (χ4v) is 2.04. The fraction of sp³-hybridized carbons (Fsp3) is 0.267. The molecule has 0 radical (unpaired) electrons. The standard InChI is InChI=1S/C15H17NO3/c1-9(2)11-8-10(4-7-14(11)19-3)12-5-6-13(16-12)15(17)18/h4-9,16H,1-3H3,(H,17,18). The lowest BCUT2D eigenvalue weighted by Crippen LogP contribution is -1.97. The highest BCUT2D eigenvalue weighted by Crippen LogP contribution is 2.31. The lowest BCUT2D eigenvalue weighted by Gasteiger charge is -2.13. The molecule has 1 aromatic heterocycles. The molecular formula is C15H17NO3. The SMILES string of the molecule is COc1ccc(-c2ccc(C(=O)O)[nH]2)cc1C(C)C. The van der Waals surface area contributed by atoms with Gasteiger partial charge in [-0.05, 0) is 47.4 Å². The Morgan fingerprint density at radius 1 is 1.26 bits per heavy atom.